The molecule has 24 heavy (non-hydrogen) atoms. The molecule has 1 fully saturated rings. The zero-order valence-electron chi connectivity index (χ0n) is 14.2. The van der Waals surface area contributed by atoms with Crippen molar-refractivity contribution >= 4 is 23.3 Å². The minimum atomic E-state index is -0.541. The Hall–Kier alpha value is -2.30. The van der Waals surface area contributed by atoms with Crippen molar-refractivity contribution in [1.82, 2.24) is 0 Å². The number of anilines is 1. The van der Waals surface area contributed by atoms with Gasteiger partial charge in [-0.25, -0.2) is 4.79 Å². The van der Waals surface area contributed by atoms with E-state index < -0.39 is 11.5 Å². The minimum absolute atomic E-state index is 0.164. The van der Waals surface area contributed by atoms with Crippen molar-refractivity contribution in [2.75, 3.05) is 5.32 Å². The van der Waals surface area contributed by atoms with Crippen LogP contribution in [0.4, 0.5) is 10.5 Å². The SMILES string of the molecule is CC(C)/C(=C/C(N)=O)c1ccc2c(c1)C1(CCCCC1)OC(=O)N2. The van der Waals surface area contributed by atoms with E-state index in [9.17, 15) is 9.59 Å². The van der Waals surface area contributed by atoms with Gasteiger partial charge in [0.05, 0.1) is 5.69 Å². The van der Waals surface area contributed by atoms with Crippen LogP contribution in [0.1, 0.15) is 57.1 Å². The van der Waals surface area contributed by atoms with Gasteiger partial charge in [0.25, 0.3) is 0 Å². The van der Waals surface area contributed by atoms with Crippen molar-refractivity contribution < 1.29 is 14.3 Å². The normalized spacial score (nSPS) is 19.6. The summed E-state index contributed by atoms with van der Waals surface area (Å²) in [5.74, 6) is -0.287. The van der Waals surface area contributed by atoms with Gasteiger partial charge >= 0.3 is 6.09 Å². The first-order chi connectivity index (χ1) is 11.4. The molecule has 0 atom stereocenters. The summed E-state index contributed by atoms with van der Waals surface area (Å²) in [6.45, 7) is 4.06. The van der Waals surface area contributed by atoms with E-state index in [4.69, 9.17) is 10.5 Å². The zero-order valence-corrected chi connectivity index (χ0v) is 14.2. The van der Waals surface area contributed by atoms with E-state index in [2.05, 4.69) is 11.4 Å². The van der Waals surface area contributed by atoms with Gasteiger partial charge < -0.3 is 10.5 Å². The third-order valence-corrected chi connectivity index (χ3v) is 4.95. The van der Waals surface area contributed by atoms with E-state index >= 15 is 0 Å². The first-order valence-electron chi connectivity index (χ1n) is 8.57. The number of hydrogen-bond donors (Lipinski definition) is 2. The Morgan fingerprint density at radius 3 is 2.62 bits per heavy atom. The molecule has 1 aromatic carbocycles. The summed E-state index contributed by atoms with van der Waals surface area (Å²) >= 11 is 0. The average Bonchev–Trinajstić information content (AvgIpc) is 2.53. The second-order valence-electron chi connectivity index (χ2n) is 6.99. The lowest BCUT2D eigenvalue weighted by Crippen LogP contribution is -2.41. The van der Waals surface area contributed by atoms with Crippen LogP contribution in [0.15, 0.2) is 24.3 Å². The fourth-order valence-electron chi connectivity index (χ4n) is 3.81. The van der Waals surface area contributed by atoms with Crippen molar-refractivity contribution in [2.24, 2.45) is 11.7 Å². The van der Waals surface area contributed by atoms with Gasteiger partial charge in [0.1, 0.15) is 5.60 Å². The maximum atomic E-state index is 12.0. The van der Waals surface area contributed by atoms with Gasteiger partial charge in [-0.1, -0.05) is 26.3 Å². The molecule has 1 aromatic rings. The van der Waals surface area contributed by atoms with Crippen molar-refractivity contribution in [3.63, 3.8) is 0 Å². The minimum Gasteiger partial charge on any atom is -0.438 e. The van der Waals surface area contributed by atoms with Crippen LogP contribution in [0, 0.1) is 5.92 Å². The van der Waals surface area contributed by atoms with Crippen LogP contribution >= 0.6 is 0 Å². The Bertz CT molecular complexity index is 701. The molecule has 128 valence electrons. The first kappa shape index (κ1) is 16.6. The second kappa shape index (κ2) is 6.30. The van der Waals surface area contributed by atoms with Crippen molar-refractivity contribution in [2.45, 2.75) is 51.6 Å². The number of nitrogens with two attached hydrogens (primary N) is 1. The summed E-state index contributed by atoms with van der Waals surface area (Å²) in [7, 11) is 0. The molecule has 0 saturated heterocycles. The van der Waals surface area contributed by atoms with E-state index in [1.54, 1.807) is 0 Å². The number of allylic oxidation sites excluding steroid dienone is 1. The van der Waals surface area contributed by atoms with Crippen LogP contribution in [-0.2, 0) is 15.1 Å². The molecular weight excluding hydrogens is 304 g/mol. The van der Waals surface area contributed by atoms with Crippen LogP contribution in [-0.4, -0.2) is 12.0 Å². The molecule has 5 nitrogen and oxygen atoms in total. The molecule has 1 aliphatic heterocycles. The quantitative estimate of drug-likeness (QED) is 0.825. The highest BCUT2D eigenvalue weighted by atomic mass is 16.6. The summed E-state index contributed by atoms with van der Waals surface area (Å²) in [5.41, 5.74) is 8.48. The standard InChI is InChI=1S/C19H24N2O3/c1-12(2)14(11-17(20)22)13-6-7-16-15(10-13)19(24-18(23)21-16)8-4-3-5-9-19/h6-7,10-12H,3-5,8-9H2,1-2H3,(H2,20,22)(H,21,23)/b14-11-. The number of rotatable bonds is 3. The second-order valence-corrected chi connectivity index (χ2v) is 6.99. The van der Waals surface area contributed by atoms with E-state index in [1.165, 1.54) is 12.5 Å². The number of fused-ring (bicyclic) bond motifs is 2. The number of primary amides is 1. The Morgan fingerprint density at radius 2 is 2.00 bits per heavy atom. The summed E-state index contributed by atoms with van der Waals surface area (Å²) < 4.78 is 5.76. The predicted molar refractivity (Wildman–Crippen MR) is 93.3 cm³/mol. The number of carbonyl (C=O) groups excluding carboxylic acids is 2. The molecule has 1 heterocycles. The Balaban J connectivity index is 2.10. The van der Waals surface area contributed by atoms with Gasteiger partial charge in [-0.3, -0.25) is 10.1 Å². The highest BCUT2D eigenvalue weighted by Crippen LogP contribution is 2.47. The summed E-state index contributed by atoms with van der Waals surface area (Å²) in [4.78, 5) is 23.3. The number of amides is 2. The van der Waals surface area contributed by atoms with Gasteiger partial charge in [-0.05, 0) is 54.9 Å². The van der Waals surface area contributed by atoms with Gasteiger partial charge in [0.15, 0.2) is 0 Å². The van der Waals surface area contributed by atoms with Crippen LogP contribution in [0.2, 0.25) is 0 Å². The molecule has 0 radical (unpaired) electrons. The predicted octanol–water partition coefficient (Wildman–Crippen LogP) is 3.93. The summed E-state index contributed by atoms with van der Waals surface area (Å²) in [6.07, 6.45) is 6.05. The van der Waals surface area contributed by atoms with Crippen molar-refractivity contribution in [3.05, 3.63) is 35.4 Å². The molecule has 5 heteroatoms. The molecule has 0 aromatic heterocycles. The zero-order chi connectivity index (χ0) is 17.3. The van der Waals surface area contributed by atoms with E-state index in [-0.39, 0.29) is 12.0 Å². The number of nitrogens with one attached hydrogen (secondary N) is 1. The van der Waals surface area contributed by atoms with Gasteiger partial charge in [0.2, 0.25) is 5.91 Å². The molecule has 2 aliphatic rings. The van der Waals surface area contributed by atoms with Crippen LogP contribution in [0.5, 0.6) is 0 Å². The third kappa shape index (κ3) is 3.03. The van der Waals surface area contributed by atoms with E-state index in [0.29, 0.717) is 0 Å². The van der Waals surface area contributed by atoms with Crippen LogP contribution < -0.4 is 11.1 Å². The fourth-order valence-corrected chi connectivity index (χ4v) is 3.81. The van der Waals surface area contributed by atoms with Crippen molar-refractivity contribution in [3.8, 4) is 0 Å². The third-order valence-electron chi connectivity index (χ3n) is 4.95. The molecule has 3 N–H and O–H groups in total. The lowest BCUT2D eigenvalue weighted by atomic mass is 9.77. The lowest BCUT2D eigenvalue weighted by Gasteiger charge is -2.41. The molecule has 0 bridgehead atoms. The highest BCUT2D eigenvalue weighted by Gasteiger charge is 2.43. The van der Waals surface area contributed by atoms with Gasteiger partial charge in [-0.15, -0.1) is 0 Å². The first-order valence-corrected chi connectivity index (χ1v) is 8.57. The maximum Gasteiger partial charge on any atom is 0.412 e. The number of hydrogen-bond acceptors (Lipinski definition) is 3. The Kier molecular flexibility index (Phi) is 4.35. The topological polar surface area (TPSA) is 81.4 Å². The molecule has 1 saturated carbocycles. The van der Waals surface area contributed by atoms with E-state index in [1.807, 2.05) is 26.0 Å². The number of ether oxygens (including phenoxy) is 1. The van der Waals surface area contributed by atoms with Gasteiger partial charge in [-0.2, -0.15) is 0 Å². The molecule has 1 spiro atoms. The average molecular weight is 328 g/mol. The van der Waals surface area contributed by atoms with Crippen LogP contribution in [0.3, 0.4) is 0 Å². The fraction of sp³-hybridized carbons (Fsp3) is 0.474. The highest BCUT2D eigenvalue weighted by molar-refractivity contribution is 5.95. The molecule has 0 unspecified atom stereocenters. The Labute approximate surface area is 142 Å². The molecular formula is C19H24N2O3. The van der Waals surface area contributed by atoms with Crippen LogP contribution in [0.25, 0.3) is 5.57 Å². The smallest absolute Gasteiger partial charge is 0.412 e. The monoisotopic (exact) mass is 328 g/mol. The molecule has 1 aliphatic carbocycles. The maximum absolute atomic E-state index is 12.0. The largest absolute Gasteiger partial charge is 0.438 e. The number of benzene rings is 1. The molecule has 2 amide bonds. The van der Waals surface area contributed by atoms with E-state index in [0.717, 1.165) is 48.1 Å². The summed E-state index contributed by atoms with van der Waals surface area (Å²) in [5, 5.41) is 2.80. The number of carbonyl (C=O) groups is 2. The summed E-state index contributed by atoms with van der Waals surface area (Å²) in [6, 6.07) is 5.88. The Morgan fingerprint density at radius 1 is 1.29 bits per heavy atom. The van der Waals surface area contributed by atoms with Gasteiger partial charge in [0, 0.05) is 11.6 Å². The molecule has 3 rings (SSSR count). The lowest BCUT2D eigenvalue weighted by molar-refractivity contribution is -0.113. The van der Waals surface area contributed by atoms with Crippen molar-refractivity contribution in [1.29, 1.82) is 0 Å².